The van der Waals surface area contributed by atoms with Crippen LogP contribution in [0.5, 0.6) is 5.75 Å². The van der Waals surface area contributed by atoms with Crippen LogP contribution in [0.25, 0.3) is 5.69 Å². The van der Waals surface area contributed by atoms with E-state index in [1.165, 1.54) is 0 Å². The highest BCUT2D eigenvalue weighted by molar-refractivity contribution is 7.71. The third-order valence-corrected chi connectivity index (χ3v) is 4.48. The fraction of sp³-hybridized carbons (Fsp3) is 0.238. The van der Waals surface area contributed by atoms with Gasteiger partial charge in [0, 0.05) is 25.0 Å². The average Bonchev–Trinajstić information content (AvgIpc) is 3.08. The number of aromatic amines is 1. The zero-order chi connectivity index (χ0) is 19.9. The number of para-hydroxylation sites is 1. The number of H-pyrrole nitrogens is 1. The summed E-state index contributed by atoms with van der Waals surface area (Å²) in [6, 6.07) is 17.3. The molecule has 2 aromatic carbocycles. The highest BCUT2D eigenvalue weighted by Crippen LogP contribution is 2.15. The van der Waals surface area contributed by atoms with Gasteiger partial charge in [-0.15, -0.1) is 0 Å². The lowest BCUT2D eigenvalue weighted by Crippen LogP contribution is -2.25. The number of aromatic nitrogens is 2. The topological polar surface area (TPSA) is 62.3 Å². The second-order valence-electron chi connectivity index (χ2n) is 6.63. The third-order valence-electron chi connectivity index (χ3n) is 4.18. The van der Waals surface area contributed by atoms with Gasteiger partial charge < -0.3 is 19.9 Å². The Morgan fingerprint density at radius 1 is 1.18 bits per heavy atom. The molecule has 0 unspecified atom stereocenters. The molecule has 0 spiro atoms. The van der Waals surface area contributed by atoms with Crippen molar-refractivity contribution in [3.05, 3.63) is 76.8 Å². The number of carbonyl (C=O) groups is 1. The Morgan fingerprint density at radius 3 is 2.71 bits per heavy atom. The molecule has 7 heteroatoms. The molecule has 0 aliphatic rings. The highest BCUT2D eigenvalue weighted by Gasteiger charge is 2.14. The fourth-order valence-electron chi connectivity index (χ4n) is 2.73. The van der Waals surface area contributed by atoms with Crippen LogP contribution in [0.2, 0.25) is 0 Å². The lowest BCUT2D eigenvalue weighted by Gasteiger charge is -2.12. The zero-order valence-corrected chi connectivity index (χ0v) is 16.8. The van der Waals surface area contributed by atoms with E-state index in [0.717, 1.165) is 23.5 Å². The van der Waals surface area contributed by atoms with Crippen LogP contribution in [-0.2, 0) is 6.54 Å². The van der Waals surface area contributed by atoms with E-state index in [1.54, 1.807) is 10.8 Å². The minimum Gasteiger partial charge on any atom is -0.492 e. The van der Waals surface area contributed by atoms with Crippen molar-refractivity contribution in [2.24, 2.45) is 0 Å². The third kappa shape index (κ3) is 5.09. The van der Waals surface area contributed by atoms with Crippen LogP contribution in [0, 0.1) is 4.77 Å². The van der Waals surface area contributed by atoms with Crippen molar-refractivity contribution in [3.63, 3.8) is 0 Å². The summed E-state index contributed by atoms with van der Waals surface area (Å²) in [4.78, 5) is 17.7. The Labute approximate surface area is 169 Å². The molecule has 28 heavy (non-hydrogen) atoms. The summed E-state index contributed by atoms with van der Waals surface area (Å²) in [5, 5.41) is 2.95. The number of hydrogen-bond acceptors (Lipinski definition) is 4. The minimum absolute atomic E-state index is 0.199. The molecule has 1 heterocycles. The van der Waals surface area contributed by atoms with Gasteiger partial charge in [0.25, 0.3) is 5.91 Å². The van der Waals surface area contributed by atoms with Gasteiger partial charge in [0.05, 0.1) is 0 Å². The summed E-state index contributed by atoms with van der Waals surface area (Å²) in [5.41, 5.74) is 2.28. The monoisotopic (exact) mass is 396 g/mol. The van der Waals surface area contributed by atoms with Gasteiger partial charge in [0.2, 0.25) is 0 Å². The van der Waals surface area contributed by atoms with Crippen molar-refractivity contribution >= 4 is 18.1 Å². The molecule has 0 aliphatic heterocycles. The van der Waals surface area contributed by atoms with Gasteiger partial charge in [-0.25, -0.2) is 0 Å². The van der Waals surface area contributed by atoms with Crippen LogP contribution < -0.4 is 10.1 Å². The fourth-order valence-corrected chi connectivity index (χ4v) is 3.00. The first kappa shape index (κ1) is 19.9. The van der Waals surface area contributed by atoms with Crippen molar-refractivity contribution < 1.29 is 9.53 Å². The van der Waals surface area contributed by atoms with Gasteiger partial charge in [-0.2, -0.15) is 0 Å². The van der Waals surface area contributed by atoms with E-state index in [1.807, 2.05) is 68.7 Å². The molecular weight excluding hydrogens is 372 g/mol. The SMILES string of the molecule is CN(C)CCOc1cccc(CNC(=O)c2c[nH]c(=S)n2-c2ccccc2)c1. The van der Waals surface area contributed by atoms with Crippen molar-refractivity contribution in [1.82, 2.24) is 19.8 Å². The maximum Gasteiger partial charge on any atom is 0.270 e. The summed E-state index contributed by atoms with van der Waals surface area (Å²) < 4.78 is 7.96. The van der Waals surface area contributed by atoms with Crippen LogP contribution in [0.3, 0.4) is 0 Å². The predicted octanol–water partition coefficient (Wildman–Crippen LogP) is 3.41. The predicted molar refractivity (Wildman–Crippen MR) is 113 cm³/mol. The molecule has 6 nitrogen and oxygen atoms in total. The molecule has 0 saturated heterocycles. The summed E-state index contributed by atoms with van der Waals surface area (Å²) >= 11 is 5.34. The van der Waals surface area contributed by atoms with Crippen LogP contribution in [-0.4, -0.2) is 47.6 Å². The van der Waals surface area contributed by atoms with E-state index in [-0.39, 0.29) is 5.91 Å². The number of hydrogen-bond donors (Lipinski definition) is 2. The lowest BCUT2D eigenvalue weighted by atomic mass is 10.2. The normalized spacial score (nSPS) is 10.8. The maximum atomic E-state index is 12.7. The molecule has 0 radical (unpaired) electrons. The van der Waals surface area contributed by atoms with Crippen molar-refractivity contribution in [1.29, 1.82) is 0 Å². The minimum atomic E-state index is -0.199. The van der Waals surface area contributed by atoms with Gasteiger partial charge in [0.15, 0.2) is 4.77 Å². The first-order chi connectivity index (χ1) is 13.5. The molecule has 146 valence electrons. The largest absolute Gasteiger partial charge is 0.492 e. The van der Waals surface area contributed by atoms with E-state index in [0.29, 0.717) is 23.6 Å². The van der Waals surface area contributed by atoms with Crippen LogP contribution in [0.1, 0.15) is 16.1 Å². The van der Waals surface area contributed by atoms with E-state index in [2.05, 4.69) is 15.2 Å². The molecule has 1 amide bonds. The van der Waals surface area contributed by atoms with Crippen LogP contribution >= 0.6 is 12.2 Å². The zero-order valence-electron chi connectivity index (χ0n) is 16.0. The van der Waals surface area contributed by atoms with Crippen LogP contribution in [0.4, 0.5) is 0 Å². The van der Waals surface area contributed by atoms with E-state index < -0.39 is 0 Å². The van der Waals surface area contributed by atoms with E-state index >= 15 is 0 Å². The summed E-state index contributed by atoms with van der Waals surface area (Å²) in [6.07, 6.45) is 1.63. The average molecular weight is 397 g/mol. The number of imidazole rings is 1. The van der Waals surface area contributed by atoms with Crippen molar-refractivity contribution in [3.8, 4) is 11.4 Å². The lowest BCUT2D eigenvalue weighted by molar-refractivity contribution is 0.0944. The Bertz CT molecular complexity index is 979. The first-order valence-corrected chi connectivity index (χ1v) is 9.46. The summed E-state index contributed by atoms with van der Waals surface area (Å²) in [7, 11) is 4.01. The van der Waals surface area contributed by atoms with Gasteiger partial charge in [-0.1, -0.05) is 30.3 Å². The van der Waals surface area contributed by atoms with Crippen molar-refractivity contribution in [2.75, 3.05) is 27.2 Å². The number of rotatable bonds is 8. The molecule has 2 N–H and O–H groups in total. The Balaban J connectivity index is 1.66. The first-order valence-electron chi connectivity index (χ1n) is 9.05. The molecule has 0 aliphatic carbocycles. The summed E-state index contributed by atoms with van der Waals surface area (Å²) in [6.45, 7) is 1.86. The number of nitrogens with zero attached hydrogens (tertiary/aromatic N) is 2. The molecule has 3 rings (SSSR count). The number of nitrogens with one attached hydrogen (secondary N) is 2. The maximum absolute atomic E-state index is 12.7. The van der Waals surface area contributed by atoms with Gasteiger partial charge >= 0.3 is 0 Å². The van der Waals surface area contributed by atoms with Gasteiger partial charge in [-0.3, -0.25) is 9.36 Å². The Morgan fingerprint density at radius 2 is 1.96 bits per heavy atom. The Kier molecular flexibility index (Phi) is 6.62. The number of amides is 1. The smallest absolute Gasteiger partial charge is 0.270 e. The summed E-state index contributed by atoms with van der Waals surface area (Å²) in [5.74, 6) is 0.595. The molecule has 0 atom stereocenters. The molecule has 3 aromatic rings. The molecule has 0 bridgehead atoms. The van der Waals surface area contributed by atoms with Gasteiger partial charge in [-0.05, 0) is 56.1 Å². The number of likely N-dealkylation sites (N-methyl/N-ethyl adjacent to an activating group) is 1. The van der Waals surface area contributed by atoms with E-state index in [9.17, 15) is 4.79 Å². The number of ether oxygens (including phenoxy) is 1. The molecule has 1 aromatic heterocycles. The quantitative estimate of drug-likeness (QED) is 0.573. The van der Waals surface area contributed by atoms with Crippen molar-refractivity contribution in [2.45, 2.75) is 6.54 Å². The number of carbonyl (C=O) groups excluding carboxylic acids is 1. The second-order valence-corrected chi connectivity index (χ2v) is 7.02. The number of benzene rings is 2. The van der Waals surface area contributed by atoms with Crippen LogP contribution in [0.15, 0.2) is 60.8 Å². The highest BCUT2D eigenvalue weighted by atomic mass is 32.1. The van der Waals surface area contributed by atoms with Gasteiger partial charge in [0.1, 0.15) is 18.1 Å². The molecule has 0 fully saturated rings. The standard InChI is InChI=1S/C21H24N4O2S/c1-24(2)11-12-27-18-10-6-7-16(13-18)14-22-20(26)19-15-23-21(28)25(19)17-8-4-3-5-9-17/h3-10,13,15H,11-12,14H2,1-2H3,(H,22,26)(H,23,28). The molecular formula is C21H24N4O2S. The molecule has 0 saturated carbocycles. The second kappa shape index (κ2) is 9.34. The van der Waals surface area contributed by atoms with E-state index in [4.69, 9.17) is 17.0 Å². The Hall–Kier alpha value is -2.90.